The molecule has 1 aromatic carbocycles. The molecule has 0 bridgehead atoms. The molecule has 1 rings (SSSR count). The standard InChI is InChI=1S/C8H6O4.C6H12O7.2Ni/c9-7(10)5-2-1-3-6(4-5)8(11)12;7-1-2(8)3(9)4(10)5(11)6(12)13;;/h1-4H,(H,9,10)(H,11,12);2-5,7-11H,1H2,(H,12,13);;. The third-order valence-electron chi connectivity index (χ3n) is 2.86. The van der Waals surface area contributed by atoms with Gasteiger partial charge >= 0.3 is 17.9 Å². The van der Waals surface area contributed by atoms with Crippen LogP contribution in [-0.2, 0) is 37.8 Å². The van der Waals surface area contributed by atoms with Crippen LogP contribution in [-0.4, -0.2) is 89.8 Å². The van der Waals surface area contributed by atoms with E-state index in [4.69, 9.17) is 40.9 Å². The first-order valence-electron chi connectivity index (χ1n) is 6.65. The van der Waals surface area contributed by atoms with Crippen molar-refractivity contribution < 1.29 is 88.2 Å². The topological polar surface area (TPSA) is 213 Å². The van der Waals surface area contributed by atoms with Gasteiger partial charge in [0.15, 0.2) is 6.10 Å². The minimum Gasteiger partial charge on any atom is -0.479 e. The van der Waals surface area contributed by atoms with Gasteiger partial charge in [-0.3, -0.25) is 0 Å². The smallest absolute Gasteiger partial charge is 0.335 e. The number of carboxylic acid groups (broad SMARTS) is 3. The number of carboxylic acids is 3. The maximum Gasteiger partial charge on any atom is 0.335 e. The summed E-state index contributed by atoms with van der Waals surface area (Å²) in [6, 6.07) is 5.20. The van der Waals surface area contributed by atoms with Gasteiger partial charge in [-0.2, -0.15) is 0 Å². The van der Waals surface area contributed by atoms with Crippen molar-refractivity contribution in [2.24, 2.45) is 0 Å². The van der Waals surface area contributed by atoms with Crippen molar-refractivity contribution in [3.05, 3.63) is 35.4 Å². The molecule has 8 N–H and O–H groups in total. The summed E-state index contributed by atoms with van der Waals surface area (Å²) in [5.74, 6) is -3.98. The molecule has 11 nitrogen and oxygen atoms in total. The Hall–Kier alpha value is -1.58. The van der Waals surface area contributed by atoms with Gasteiger partial charge in [0.2, 0.25) is 0 Å². The molecule has 0 aliphatic carbocycles. The quantitative estimate of drug-likeness (QED) is 0.193. The molecule has 4 atom stereocenters. The van der Waals surface area contributed by atoms with Crippen molar-refractivity contribution in [1.82, 2.24) is 0 Å². The molecule has 0 spiro atoms. The Morgan fingerprint density at radius 1 is 0.815 bits per heavy atom. The predicted molar refractivity (Wildman–Crippen MR) is 79.1 cm³/mol. The van der Waals surface area contributed by atoms with E-state index in [-0.39, 0.29) is 44.1 Å². The van der Waals surface area contributed by atoms with Crippen LogP contribution in [0.5, 0.6) is 0 Å². The summed E-state index contributed by atoms with van der Waals surface area (Å²) in [5, 5.41) is 68.8. The number of aliphatic hydroxyl groups is 5. The van der Waals surface area contributed by atoms with Gasteiger partial charge in [0.05, 0.1) is 17.7 Å². The van der Waals surface area contributed by atoms with Crippen LogP contribution in [0.25, 0.3) is 0 Å². The fourth-order valence-corrected chi connectivity index (χ4v) is 1.45. The van der Waals surface area contributed by atoms with Gasteiger partial charge in [0, 0.05) is 33.0 Å². The van der Waals surface area contributed by atoms with E-state index in [1.807, 2.05) is 0 Å². The maximum atomic E-state index is 10.4. The monoisotopic (exact) mass is 478 g/mol. The molecular formula is C14H18Ni2O11. The number of hydrogen-bond acceptors (Lipinski definition) is 8. The summed E-state index contributed by atoms with van der Waals surface area (Å²) >= 11 is 0. The molecule has 0 saturated heterocycles. The fraction of sp³-hybridized carbons (Fsp3) is 0.357. The van der Waals surface area contributed by atoms with Crippen molar-refractivity contribution >= 4 is 17.9 Å². The second kappa shape index (κ2) is 14.5. The number of aromatic carboxylic acids is 2. The number of aliphatic hydroxyl groups excluding tert-OH is 5. The number of rotatable bonds is 7. The molecule has 4 unspecified atom stereocenters. The first kappa shape index (κ1) is 30.2. The minimum atomic E-state index is -2.20. The van der Waals surface area contributed by atoms with Crippen LogP contribution in [0, 0.1) is 0 Å². The van der Waals surface area contributed by atoms with E-state index in [2.05, 4.69) is 0 Å². The Labute approximate surface area is 172 Å². The van der Waals surface area contributed by atoms with Gasteiger partial charge in [0.25, 0.3) is 0 Å². The number of hydrogen-bond donors (Lipinski definition) is 8. The summed E-state index contributed by atoms with van der Waals surface area (Å²) in [6.07, 6.45) is -7.84. The van der Waals surface area contributed by atoms with E-state index in [0.717, 1.165) is 6.07 Å². The third kappa shape index (κ3) is 10.4. The molecule has 0 amide bonds. The van der Waals surface area contributed by atoms with E-state index in [1.54, 1.807) is 0 Å². The summed E-state index contributed by atoms with van der Waals surface area (Å²) in [6.45, 7) is -0.843. The molecule has 1 aromatic rings. The zero-order chi connectivity index (χ0) is 19.7. The molecule has 0 radical (unpaired) electrons. The summed E-state index contributed by atoms with van der Waals surface area (Å²) in [7, 11) is 0. The SMILES string of the molecule is O=C(O)C(O)C(O)C(O)C(O)CO.O=C(O)c1cccc(C(=O)O)c1.[Ni].[Ni]. The maximum absolute atomic E-state index is 10.4. The van der Waals surface area contributed by atoms with Crippen molar-refractivity contribution in [3.8, 4) is 0 Å². The van der Waals surface area contributed by atoms with Crippen LogP contribution in [0.15, 0.2) is 24.3 Å². The molecule has 160 valence electrons. The van der Waals surface area contributed by atoms with E-state index in [1.165, 1.54) is 18.2 Å². The second-order valence-corrected chi connectivity index (χ2v) is 4.71. The minimum absolute atomic E-state index is 0. The van der Waals surface area contributed by atoms with Crippen LogP contribution in [0.4, 0.5) is 0 Å². The van der Waals surface area contributed by atoms with Gasteiger partial charge in [-0.1, -0.05) is 6.07 Å². The van der Waals surface area contributed by atoms with E-state index in [0.29, 0.717) is 0 Å². The molecule has 27 heavy (non-hydrogen) atoms. The average Bonchev–Trinajstić information content (AvgIpc) is 2.59. The van der Waals surface area contributed by atoms with Gasteiger partial charge in [0.1, 0.15) is 18.3 Å². The Bertz CT molecular complexity index is 581. The number of benzene rings is 1. The summed E-state index contributed by atoms with van der Waals surface area (Å²) in [4.78, 5) is 30.9. The van der Waals surface area contributed by atoms with Crippen molar-refractivity contribution in [3.63, 3.8) is 0 Å². The molecule has 0 saturated carbocycles. The van der Waals surface area contributed by atoms with Crippen LogP contribution in [0.1, 0.15) is 20.7 Å². The van der Waals surface area contributed by atoms with Crippen LogP contribution in [0.2, 0.25) is 0 Å². The molecule has 0 aliphatic heterocycles. The van der Waals surface area contributed by atoms with Crippen LogP contribution >= 0.6 is 0 Å². The molecule has 0 fully saturated rings. The second-order valence-electron chi connectivity index (χ2n) is 4.71. The summed E-state index contributed by atoms with van der Waals surface area (Å²) in [5.41, 5.74) is -0.0372. The van der Waals surface area contributed by atoms with Crippen LogP contribution in [0.3, 0.4) is 0 Å². The molecular weight excluding hydrogens is 462 g/mol. The van der Waals surface area contributed by atoms with E-state index in [9.17, 15) is 14.4 Å². The third-order valence-corrected chi connectivity index (χ3v) is 2.86. The largest absolute Gasteiger partial charge is 0.479 e. The van der Waals surface area contributed by atoms with Crippen molar-refractivity contribution in [2.75, 3.05) is 6.61 Å². The number of carbonyl (C=O) groups is 3. The fourth-order valence-electron chi connectivity index (χ4n) is 1.45. The normalized spacial score (nSPS) is 14.0. The molecule has 0 aliphatic rings. The number of aliphatic carboxylic acids is 1. The zero-order valence-corrected chi connectivity index (χ0v) is 15.2. The molecule has 13 heteroatoms. The molecule has 0 aromatic heterocycles. The van der Waals surface area contributed by atoms with Gasteiger partial charge in [-0.05, 0) is 18.2 Å². The van der Waals surface area contributed by atoms with E-state index < -0.39 is 48.9 Å². The Kier molecular flexibility index (Phi) is 16.2. The van der Waals surface area contributed by atoms with Gasteiger partial charge < -0.3 is 40.9 Å². The zero-order valence-electron chi connectivity index (χ0n) is 13.3. The average molecular weight is 480 g/mol. The Balaban J connectivity index is -0.000000398. The van der Waals surface area contributed by atoms with Crippen molar-refractivity contribution in [1.29, 1.82) is 0 Å². The van der Waals surface area contributed by atoms with Crippen LogP contribution < -0.4 is 0 Å². The Morgan fingerprint density at radius 3 is 1.52 bits per heavy atom. The Morgan fingerprint density at radius 2 is 1.22 bits per heavy atom. The first-order valence-corrected chi connectivity index (χ1v) is 6.65. The van der Waals surface area contributed by atoms with Gasteiger partial charge in [-0.15, -0.1) is 0 Å². The van der Waals surface area contributed by atoms with Gasteiger partial charge in [-0.25, -0.2) is 14.4 Å². The predicted octanol–water partition coefficient (Wildman–Crippen LogP) is -2.42. The summed E-state index contributed by atoms with van der Waals surface area (Å²) < 4.78 is 0. The van der Waals surface area contributed by atoms with Crippen molar-refractivity contribution in [2.45, 2.75) is 24.4 Å². The first-order chi connectivity index (χ1) is 11.5. The van der Waals surface area contributed by atoms with E-state index >= 15 is 0 Å². The molecule has 0 heterocycles.